The van der Waals surface area contributed by atoms with E-state index >= 15 is 0 Å². The van der Waals surface area contributed by atoms with E-state index in [1.165, 1.54) is 20.8 Å². The molecule has 0 heterocycles. The molecule has 0 aliphatic carbocycles. The van der Waals surface area contributed by atoms with Crippen molar-refractivity contribution < 1.29 is 60.3 Å². The first-order valence-electron chi connectivity index (χ1n) is 9.08. The molecule has 9 N–H and O–H groups in total. The van der Waals surface area contributed by atoms with Crippen LogP contribution in [-0.2, 0) is 14.4 Å². The first kappa shape index (κ1) is 36.9. The molecule has 0 fully saturated rings. The zero-order valence-corrected chi connectivity index (χ0v) is 19.7. The first-order valence-corrected chi connectivity index (χ1v) is 9.08. The topological polar surface area (TPSA) is 233 Å². The number of carbonyl (C=O) groups is 3. The van der Waals surface area contributed by atoms with Crippen LogP contribution in [0.1, 0.15) is 59.3 Å². The maximum absolute atomic E-state index is 10.0. The molecule has 0 rings (SSSR count). The minimum absolute atomic E-state index is 0. The van der Waals surface area contributed by atoms with Gasteiger partial charge in [-0.05, 0) is 40.0 Å². The molecule has 31 heavy (non-hydrogen) atoms. The van der Waals surface area contributed by atoms with Crippen LogP contribution in [0.25, 0.3) is 0 Å². The van der Waals surface area contributed by atoms with Gasteiger partial charge in [0.2, 0.25) is 0 Å². The van der Waals surface area contributed by atoms with Crippen molar-refractivity contribution >= 4 is 27.8 Å². The molecular weight excluding hydrogens is 439 g/mol. The van der Waals surface area contributed by atoms with Gasteiger partial charge in [-0.25, -0.2) is 0 Å². The molecule has 188 valence electrons. The lowest BCUT2D eigenvalue weighted by atomic mass is 9.99. The molecule has 0 aromatic heterocycles. The van der Waals surface area contributed by atoms with Crippen molar-refractivity contribution in [2.45, 2.75) is 76.1 Å². The molecule has 1 unspecified atom stereocenters. The van der Waals surface area contributed by atoms with Gasteiger partial charge >= 0.3 is 17.9 Å². The predicted octanol–water partition coefficient (Wildman–Crippen LogP) is -1.16. The Morgan fingerprint density at radius 2 is 0.710 bits per heavy atom. The van der Waals surface area contributed by atoms with Crippen LogP contribution in [-0.4, -0.2) is 100 Å². The summed E-state index contributed by atoms with van der Waals surface area (Å²) in [5, 5.41) is 77.2. The molecule has 0 saturated carbocycles. The van der Waals surface area contributed by atoms with Crippen LogP contribution in [0.3, 0.4) is 0 Å². The highest BCUT2D eigenvalue weighted by atomic mass is 31.0. The summed E-state index contributed by atoms with van der Waals surface area (Å²) in [6, 6.07) is 0. The Bertz CT molecular complexity index is 434. The van der Waals surface area contributed by atoms with Gasteiger partial charge in [-0.1, -0.05) is 0 Å². The van der Waals surface area contributed by atoms with E-state index < -0.39 is 34.7 Å². The van der Waals surface area contributed by atoms with Crippen molar-refractivity contribution in [3.63, 3.8) is 0 Å². The van der Waals surface area contributed by atoms with Gasteiger partial charge in [-0.3, -0.25) is 14.4 Å². The SMILES string of the molecule is C[C@@](O)(CCO)CC(=O)O.C[C@@](O)(CCO)CC(=O)O.C[C@@](O)(CCO)CC(=O)O.P. The number of aliphatic hydroxyl groups is 6. The highest BCUT2D eigenvalue weighted by molar-refractivity contribution is 6.92. The summed E-state index contributed by atoms with van der Waals surface area (Å²) in [6.45, 7) is 3.58. The van der Waals surface area contributed by atoms with Gasteiger partial charge in [0, 0.05) is 19.8 Å². The fourth-order valence-corrected chi connectivity index (χ4v) is 1.97. The number of aliphatic carboxylic acids is 3. The average molecular weight is 478 g/mol. The van der Waals surface area contributed by atoms with E-state index in [-0.39, 0.29) is 68.2 Å². The van der Waals surface area contributed by atoms with Gasteiger partial charge in [0.25, 0.3) is 0 Å². The van der Waals surface area contributed by atoms with E-state index in [0.717, 1.165) is 0 Å². The number of hydrogen-bond acceptors (Lipinski definition) is 9. The number of carboxylic acid groups (broad SMARTS) is 3. The fraction of sp³-hybridized carbons (Fsp3) is 0.833. The normalized spacial score (nSPS) is 15.8. The van der Waals surface area contributed by atoms with E-state index in [4.69, 9.17) is 46.0 Å². The number of rotatable bonds is 12. The average Bonchev–Trinajstić information content (AvgIpc) is 2.43. The highest BCUT2D eigenvalue weighted by Crippen LogP contribution is 2.14. The molecular formula is C18H39O12P. The molecule has 0 aliphatic heterocycles. The zero-order chi connectivity index (χ0) is 24.6. The largest absolute Gasteiger partial charge is 0.481 e. The van der Waals surface area contributed by atoms with Gasteiger partial charge in [-0.2, -0.15) is 9.90 Å². The van der Waals surface area contributed by atoms with Crippen molar-refractivity contribution in [2.24, 2.45) is 0 Å². The van der Waals surface area contributed by atoms with Crippen molar-refractivity contribution in [2.75, 3.05) is 19.8 Å². The lowest BCUT2D eigenvalue weighted by molar-refractivity contribution is -0.143. The van der Waals surface area contributed by atoms with Crippen LogP contribution in [0.4, 0.5) is 0 Å². The zero-order valence-electron chi connectivity index (χ0n) is 18.3. The molecule has 0 saturated heterocycles. The van der Waals surface area contributed by atoms with Crippen molar-refractivity contribution in [1.82, 2.24) is 0 Å². The second-order valence-electron chi connectivity index (χ2n) is 7.62. The monoisotopic (exact) mass is 478 g/mol. The third kappa shape index (κ3) is 30.9. The van der Waals surface area contributed by atoms with Gasteiger partial charge < -0.3 is 46.0 Å². The fourth-order valence-electron chi connectivity index (χ4n) is 1.97. The standard InChI is InChI=1S/3C6H12O4.H3P/c3*1-6(10,2-3-7)4-5(8)9;/h3*7,10H,2-4H2,1H3,(H,8,9);1H3/t3*6-;/m111./s1. The molecule has 4 atom stereocenters. The van der Waals surface area contributed by atoms with Crippen molar-refractivity contribution in [3.05, 3.63) is 0 Å². The Morgan fingerprint density at radius 1 is 0.548 bits per heavy atom. The minimum Gasteiger partial charge on any atom is -0.481 e. The Morgan fingerprint density at radius 3 is 0.806 bits per heavy atom. The second-order valence-corrected chi connectivity index (χ2v) is 7.62. The summed E-state index contributed by atoms with van der Waals surface area (Å²) in [7, 11) is 0. The van der Waals surface area contributed by atoms with E-state index in [1.54, 1.807) is 0 Å². The Hall–Kier alpha value is -1.40. The summed E-state index contributed by atoms with van der Waals surface area (Å²) in [4.78, 5) is 30.1. The molecule has 0 aromatic rings. The Kier molecular flexibility index (Phi) is 21.7. The maximum Gasteiger partial charge on any atom is 0.306 e. The number of hydrogen-bond donors (Lipinski definition) is 9. The molecule has 0 bridgehead atoms. The molecule has 13 heteroatoms. The third-order valence-corrected chi connectivity index (χ3v) is 3.55. The van der Waals surface area contributed by atoms with Crippen molar-refractivity contribution in [1.29, 1.82) is 0 Å². The highest BCUT2D eigenvalue weighted by Gasteiger charge is 2.24. The second kappa shape index (κ2) is 18.2. The summed E-state index contributed by atoms with van der Waals surface area (Å²) < 4.78 is 0. The van der Waals surface area contributed by atoms with Gasteiger partial charge in [0.15, 0.2) is 0 Å². The molecule has 0 radical (unpaired) electrons. The van der Waals surface area contributed by atoms with Crippen LogP contribution in [0.5, 0.6) is 0 Å². The van der Waals surface area contributed by atoms with Crippen LogP contribution < -0.4 is 0 Å². The Labute approximate surface area is 184 Å². The summed E-state index contributed by atoms with van der Waals surface area (Å²) >= 11 is 0. The minimum atomic E-state index is -1.28. The number of carboxylic acids is 3. The smallest absolute Gasteiger partial charge is 0.306 e. The first-order chi connectivity index (χ1) is 13.4. The third-order valence-electron chi connectivity index (χ3n) is 3.55. The van der Waals surface area contributed by atoms with Crippen molar-refractivity contribution in [3.8, 4) is 0 Å². The van der Waals surface area contributed by atoms with E-state index in [1.807, 2.05) is 0 Å². The predicted molar refractivity (Wildman–Crippen MR) is 115 cm³/mol. The van der Waals surface area contributed by atoms with E-state index in [2.05, 4.69) is 0 Å². The maximum atomic E-state index is 10.0. The van der Waals surface area contributed by atoms with Crippen LogP contribution >= 0.6 is 9.90 Å². The molecule has 0 aliphatic rings. The van der Waals surface area contributed by atoms with Crippen LogP contribution in [0.15, 0.2) is 0 Å². The summed E-state index contributed by atoms with van der Waals surface area (Å²) in [6.07, 6.45) is -0.688. The number of aliphatic hydroxyl groups excluding tert-OH is 3. The van der Waals surface area contributed by atoms with Gasteiger partial charge in [0.05, 0.1) is 36.1 Å². The summed E-state index contributed by atoms with van der Waals surface area (Å²) in [5.74, 6) is -3.17. The van der Waals surface area contributed by atoms with Gasteiger partial charge in [0.1, 0.15) is 0 Å². The molecule has 0 aromatic carbocycles. The Balaban J connectivity index is -0.000000174. The van der Waals surface area contributed by atoms with E-state index in [0.29, 0.717) is 0 Å². The lowest BCUT2D eigenvalue weighted by Crippen LogP contribution is -2.28. The van der Waals surface area contributed by atoms with Crippen LogP contribution in [0.2, 0.25) is 0 Å². The lowest BCUT2D eigenvalue weighted by Gasteiger charge is -2.18. The molecule has 0 spiro atoms. The molecule has 0 amide bonds. The molecule has 12 nitrogen and oxygen atoms in total. The van der Waals surface area contributed by atoms with Gasteiger partial charge in [-0.15, -0.1) is 0 Å². The van der Waals surface area contributed by atoms with Crippen LogP contribution in [0, 0.1) is 0 Å². The quantitative estimate of drug-likeness (QED) is 0.151. The van der Waals surface area contributed by atoms with E-state index in [9.17, 15) is 14.4 Å². The summed E-state index contributed by atoms with van der Waals surface area (Å²) in [5.41, 5.74) is -3.83.